The molecular weight excluding hydrogens is 248 g/mol. The van der Waals surface area contributed by atoms with Crippen molar-refractivity contribution in [3.05, 3.63) is 59.2 Å². The number of nitrogens with one attached hydrogen (secondary N) is 1. The first-order valence-electron chi connectivity index (χ1n) is 5.72. The highest BCUT2D eigenvalue weighted by Crippen LogP contribution is 2.19. The van der Waals surface area contributed by atoms with Crippen LogP contribution in [-0.2, 0) is 4.74 Å². The number of anilines is 1. The predicted octanol–water partition coefficient (Wildman–Crippen LogP) is 3.53. The molecule has 0 bridgehead atoms. The smallest absolute Gasteiger partial charge is 0.131 e. The van der Waals surface area contributed by atoms with E-state index in [0.717, 1.165) is 11.4 Å². The molecule has 2 aromatic rings. The van der Waals surface area contributed by atoms with Crippen LogP contribution in [0.2, 0.25) is 5.15 Å². The minimum Gasteiger partial charge on any atom is -0.382 e. The van der Waals surface area contributed by atoms with E-state index in [1.165, 1.54) is 0 Å². The largest absolute Gasteiger partial charge is 0.382 e. The maximum absolute atomic E-state index is 5.87. The third-order valence-electron chi connectivity index (χ3n) is 2.57. The van der Waals surface area contributed by atoms with Crippen molar-refractivity contribution in [2.75, 3.05) is 19.0 Å². The minimum absolute atomic E-state index is 0.0576. The van der Waals surface area contributed by atoms with E-state index in [9.17, 15) is 0 Å². The first-order valence-corrected chi connectivity index (χ1v) is 6.10. The Bertz CT molecular complexity index is 490. The van der Waals surface area contributed by atoms with Gasteiger partial charge in [0.05, 0.1) is 12.6 Å². The summed E-state index contributed by atoms with van der Waals surface area (Å²) in [6, 6.07) is 15.7. The molecule has 1 atom stereocenters. The Balaban J connectivity index is 2.16. The van der Waals surface area contributed by atoms with E-state index < -0.39 is 0 Å². The van der Waals surface area contributed by atoms with Crippen molar-refractivity contribution in [1.82, 2.24) is 4.98 Å². The number of halogens is 1. The lowest BCUT2D eigenvalue weighted by Crippen LogP contribution is -2.16. The molecule has 0 saturated carbocycles. The fourth-order valence-electron chi connectivity index (χ4n) is 1.74. The number of pyridine rings is 1. The highest BCUT2D eigenvalue weighted by molar-refractivity contribution is 6.29. The molecule has 0 aliphatic carbocycles. The van der Waals surface area contributed by atoms with Crippen molar-refractivity contribution < 1.29 is 4.74 Å². The Morgan fingerprint density at radius 3 is 2.61 bits per heavy atom. The minimum atomic E-state index is 0.0576. The van der Waals surface area contributed by atoms with Gasteiger partial charge in [0.15, 0.2) is 0 Å². The molecular formula is C14H15ClN2O. The van der Waals surface area contributed by atoms with Crippen molar-refractivity contribution in [3.8, 4) is 0 Å². The molecule has 1 unspecified atom stereocenters. The lowest BCUT2D eigenvalue weighted by atomic mass is 10.1. The van der Waals surface area contributed by atoms with E-state index in [1.807, 2.05) is 30.3 Å². The molecule has 4 heteroatoms. The Hall–Kier alpha value is -1.58. The van der Waals surface area contributed by atoms with Gasteiger partial charge in [0.25, 0.3) is 0 Å². The van der Waals surface area contributed by atoms with Crippen molar-refractivity contribution >= 4 is 17.4 Å². The maximum atomic E-state index is 5.87. The molecule has 1 heterocycles. The number of rotatable bonds is 5. The van der Waals surface area contributed by atoms with E-state index in [2.05, 4.69) is 22.4 Å². The summed E-state index contributed by atoms with van der Waals surface area (Å²) in [5.74, 6) is 0.744. The number of benzene rings is 1. The second-order valence-electron chi connectivity index (χ2n) is 3.91. The summed E-state index contributed by atoms with van der Waals surface area (Å²) in [6.45, 7) is 0.568. The van der Waals surface area contributed by atoms with Gasteiger partial charge in [-0.2, -0.15) is 0 Å². The summed E-state index contributed by atoms with van der Waals surface area (Å²) in [5.41, 5.74) is 1.15. The van der Waals surface area contributed by atoms with Gasteiger partial charge in [0.2, 0.25) is 0 Å². The predicted molar refractivity (Wildman–Crippen MR) is 73.9 cm³/mol. The van der Waals surface area contributed by atoms with E-state index in [0.29, 0.717) is 11.8 Å². The lowest BCUT2D eigenvalue weighted by molar-refractivity contribution is 0.186. The quantitative estimate of drug-likeness (QED) is 0.837. The number of hydrogen-bond acceptors (Lipinski definition) is 3. The van der Waals surface area contributed by atoms with Gasteiger partial charge in [-0.25, -0.2) is 4.98 Å². The summed E-state index contributed by atoms with van der Waals surface area (Å²) in [7, 11) is 1.68. The van der Waals surface area contributed by atoms with E-state index in [4.69, 9.17) is 16.3 Å². The Labute approximate surface area is 112 Å². The van der Waals surface area contributed by atoms with Gasteiger partial charge in [0, 0.05) is 7.11 Å². The topological polar surface area (TPSA) is 34.1 Å². The molecule has 0 saturated heterocycles. The molecule has 0 amide bonds. The fraction of sp³-hybridized carbons (Fsp3) is 0.214. The van der Waals surface area contributed by atoms with Crippen LogP contribution in [0.1, 0.15) is 11.6 Å². The summed E-state index contributed by atoms with van der Waals surface area (Å²) in [6.07, 6.45) is 0. The van der Waals surface area contributed by atoms with E-state index in [1.54, 1.807) is 13.2 Å². The Morgan fingerprint density at radius 1 is 1.17 bits per heavy atom. The number of aromatic nitrogens is 1. The molecule has 0 aliphatic rings. The molecule has 0 radical (unpaired) electrons. The third-order valence-corrected chi connectivity index (χ3v) is 2.78. The van der Waals surface area contributed by atoms with Crippen molar-refractivity contribution in [2.45, 2.75) is 6.04 Å². The number of ether oxygens (including phenoxy) is 1. The highest BCUT2D eigenvalue weighted by Gasteiger charge is 2.11. The van der Waals surface area contributed by atoms with Crippen LogP contribution in [0.5, 0.6) is 0 Å². The molecule has 0 spiro atoms. The van der Waals surface area contributed by atoms with Gasteiger partial charge >= 0.3 is 0 Å². The van der Waals surface area contributed by atoms with Gasteiger partial charge < -0.3 is 10.1 Å². The molecule has 1 aromatic heterocycles. The maximum Gasteiger partial charge on any atom is 0.131 e. The summed E-state index contributed by atoms with van der Waals surface area (Å²) < 4.78 is 5.24. The molecule has 3 nitrogen and oxygen atoms in total. The second kappa shape index (κ2) is 6.38. The first kappa shape index (κ1) is 12.9. The van der Waals surface area contributed by atoms with Gasteiger partial charge in [-0.15, -0.1) is 0 Å². The summed E-state index contributed by atoms with van der Waals surface area (Å²) in [4.78, 5) is 4.22. The van der Waals surface area contributed by atoms with Crippen LogP contribution >= 0.6 is 11.6 Å². The first-order chi connectivity index (χ1) is 8.79. The molecule has 94 valence electrons. The average molecular weight is 263 g/mol. The van der Waals surface area contributed by atoms with Crippen LogP contribution in [0, 0.1) is 0 Å². The number of nitrogens with zero attached hydrogens (tertiary/aromatic N) is 1. The van der Waals surface area contributed by atoms with Crippen LogP contribution in [0.4, 0.5) is 5.82 Å². The van der Waals surface area contributed by atoms with Crippen LogP contribution < -0.4 is 5.32 Å². The zero-order valence-corrected chi connectivity index (χ0v) is 10.9. The average Bonchev–Trinajstić information content (AvgIpc) is 2.39. The van der Waals surface area contributed by atoms with Crippen molar-refractivity contribution in [1.29, 1.82) is 0 Å². The SMILES string of the molecule is COCC(Nc1cccc(Cl)n1)c1ccccc1. The van der Waals surface area contributed by atoms with Crippen LogP contribution in [0.3, 0.4) is 0 Å². The van der Waals surface area contributed by atoms with Crippen LogP contribution in [0.25, 0.3) is 0 Å². The molecule has 2 rings (SSSR count). The molecule has 0 fully saturated rings. The van der Waals surface area contributed by atoms with Gasteiger partial charge in [-0.3, -0.25) is 0 Å². The monoisotopic (exact) mass is 262 g/mol. The summed E-state index contributed by atoms with van der Waals surface area (Å²) in [5, 5.41) is 3.79. The van der Waals surface area contributed by atoms with Crippen LogP contribution in [0.15, 0.2) is 48.5 Å². The second-order valence-corrected chi connectivity index (χ2v) is 4.30. The number of methoxy groups -OCH3 is 1. The zero-order valence-electron chi connectivity index (χ0n) is 10.1. The summed E-state index contributed by atoms with van der Waals surface area (Å²) >= 11 is 5.87. The van der Waals surface area contributed by atoms with Crippen molar-refractivity contribution in [2.24, 2.45) is 0 Å². The Kier molecular flexibility index (Phi) is 4.56. The van der Waals surface area contributed by atoms with E-state index in [-0.39, 0.29) is 6.04 Å². The molecule has 1 aromatic carbocycles. The van der Waals surface area contributed by atoms with Gasteiger partial charge in [0.1, 0.15) is 11.0 Å². The fourth-order valence-corrected chi connectivity index (χ4v) is 1.90. The number of hydrogen-bond donors (Lipinski definition) is 1. The normalized spacial score (nSPS) is 12.1. The Morgan fingerprint density at radius 2 is 1.94 bits per heavy atom. The van der Waals surface area contributed by atoms with Crippen molar-refractivity contribution in [3.63, 3.8) is 0 Å². The van der Waals surface area contributed by atoms with Gasteiger partial charge in [-0.1, -0.05) is 48.0 Å². The third kappa shape index (κ3) is 3.45. The van der Waals surface area contributed by atoms with Gasteiger partial charge in [-0.05, 0) is 17.7 Å². The zero-order chi connectivity index (χ0) is 12.8. The van der Waals surface area contributed by atoms with E-state index >= 15 is 0 Å². The molecule has 18 heavy (non-hydrogen) atoms. The molecule has 1 N–H and O–H groups in total. The lowest BCUT2D eigenvalue weighted by Gasteiger charge is -2.19. The highest BCUT2D eigenvalue weighted by atomic mass is 35.5. The van der Waals surface area contributed by atoms with Crippen LogP contribution in [-0.4, -0.2) is 18.7 Å². The standard InChI is InChI=1S/C14H15ClN2O/c1-18-10-12(11-6-3-2-4-7-11)16-14-9-5-8-13(15)17-14/h2-9,12H,10H2,1H3,(H,16,17). The molecule has 0 aliphatic heterocycles.